The number of nitrogens with zero attached hydrogens (tertiary/aromatic N) is 2. The molecule has 32 heavy (non-hydrogen) atoms. The molecule has 0 radical (unpaired) electrons. The first-order valence-electron chi connectivity index (χ1n) is 10.4. The van der Waals surface area contributed by atoms with Crippen molar-refractivity contribution in [2.45, 2.75) is 13.0 Å². The monoisotopic (exact) mass is 428 g/mol. The third kappa shape index (κ3) is 5.51. The van der Waals surface area contributed by atoms with Crippen molar-refractivity contribution < 1.29 is 14.3 Å². The number of nitrogens with one attached hydrogen (secondary N) is 2. The van der Waals surface area contributed by atoms with Crippen LogP contribution in [0.2, 0.25) is 0 Å². The van der Waals surface area contributed by atoms with E-state index in [1.54, 1.807) is 36.8 Å². The third-order valence-electron chi connectivity index (χ3n) is 4.96. The van der Waals surface area contributed by atoms with Gasteiger partial charge in [-0.05, 0) is 29.7 Å². The highest BCUT2D eigenvalue weighted by Crippen LogP contribution is 2.24. The Morgan fingerprint density at radius 2 is 1.84 bits per heavy atom. The van der Waals surface area contributed by atoms with Gasteiger partial charge in [0.1, 0.15) is 12.4 Å². The molecule has 0 bridgehead atoms. The maximum atomic E-state index is 12.5. The fourth-order valence-corrected chi connectivity index (χ4v) is 3.36. The van der Waals surface area contributed by atoms with Crippen LogP contribution in [0.25, 0.3) is 10.8 Å². The Morgan fingerprint density at radius 3 is 2.72 bits per heavy atom. The minimum absolute atomic E-state index is 0.125. The van der Waals surface area contributed by atoms with Gasteiger partial charge in [-0.3, -0.25) is 9.59 Å². The first kappa shape index (κ1) is 21.1. The molecule has 162 valence electrons. The van der Waals surface area contributed by atoms with Crippen LogP contribution >= 0.6 is 0 Å². The average molecular weight is 428 g/mol. The molecule has 4 rings (SSSR count). The van der Waals surface area contributed by atoms with E-state index in [2.05, 4.69) is 15.6 Å². The predicted molar refractivity (Wildman–Crippen MR) is 124 cm³/mol. The number of carbonyl (C=O) groups is 2. The molecule has 0 fully saturated rings. The molecule has 1 aromatic heterocycles. The molecule has 2 N–H and O–H groups in total. The smallest absolute Gasteiger partial charge is 0.251 e. The quantitative estimate of drug-likeness (QED) is 0.396. The van der Waals surface area contributed by atoms with Gasteiger partial charge in [0.2, 0.25) is 5.91 Å². The molecule has 0 saturated carbocycles. The summed E-state index contributed by atoms with van der Waals surface area (Å²) in [5, 5.41) is 7.83. The van der Waals surface area contributed by atoms with Crippen LogP contribution in [-0.4, -0.2) is 34.5 Å². The number of aromatic nitrogens is 2. The number of imidazole rings is 1. The summed E-state index contributed by atoms with van der Waals surface area (Å²) >= 11 is 0. The molecule has 1 heterocycles. The summed E-state index contributed by atoms with van der Waals surface area (Å²) in [6.07, 6.45) is 5.47. The van der Waals surface area contributed by atoms with Gasteiger partial charge in [-0.15, -0.1) is 0 Å². The predicted octanol–water partition coefficient (Wildman–Crippen LogP) is 3.87. The topological polar surface area (TPSA) is 85.2 Å². The number of aryl methyl sites for hydroxylation is 1. The SMILES string of the molecule is O=C(CCn1ccnc1)Nc1cccc(C(=O)NCCOc2cccc3ccccc23)c1. The Labute approximate surface area is 186 Å². The zero-order chi connectivity index (χ0) is 22.2. The first-order chi connectivity index (χ1) is 15.7. The van der Waals surface area contributed by atoms with Crippen molar-refractivity contribution in [2.24, 2.45) is 0 Å². The van der Waals surface area contributed by atoms with E-state index in [4.69, 9.17) is 4.74 Å². The van der Waals surface area contributed by atoms with Gasteiger partial charge in [0.15, 0.2) is 0 Å². The summed E-state index contributed by atoms with van der Waals surface area (Å²) in [6.45, 7) is 1.26. The number of anilines is 1. The summed E-state index contributed by atoms with van der Waals surface area (Å²) in [5.41, 5.74) is 1.06. The minimum Gasteiger partial charge on any atom is -0.491 e. The average Bonchev–Trinajstić information content (AvgIpc) is 3.34. The number of ether oxygens (including phenoxy) is 1. The largest absolute Gasteiger partial charge is 0.491 e. The summed E-state index contributed by atoms with van der Waals surface area (Å²) < 4.78 is 7.70. The fourth-order valence-electron chi connectivity index (χ4n) is 3.36. The highest BCUT2D eigenvalue weighted by molar-refractivity contribution is 5.97. The van der Waals surface area contributed by atoms with E-state index in [0.717, 1.165) is 16.5 Å². The van der Waals surface area contributed by atoms with Gasteiger partial charge < -0.3 is 19.9 Å². The van der Waals surface area contributed by atoms with Crippen LogP contribution in [0.15, 0.2) is 85.5 Å². The molecular formula is C25H24N4O3. The fraction of sp³-hybridized carbons (Fsp3) is 0.160. The van der Waals surface area contributed by atoms with Gasteiger partial charge in [0.25, 0.3) is 5.91 Å². The molecule has 0 saturated heterocycles. The van der Waals surface area contributed by atoms with Crippen LogP contribution in [0.5, 0.6) is 5.75 Å². The lowest BCUT2D eigenvalue weighted by Gasteiger charge is -2.11. The van der Waals surface area contributed by atoms with Crippen molar-refractivity contribution in [3.63, 3.8) is 0 Å². The summed E-state index contributed by atoms with van der Waals surface area (Å²) in [4.78, 5) is 28.6. The van der Waals surface area contributed by atoms with Gasteiger partial charge in [0, 0.05) is 42.0 Å². The molecule has 7 heteroatoms. The molecule has 7 nitrogen and oxygen atoms in total. The molecule has 0 atom stereocenters. The Balaban J connectivity index is 1.25. The van der Waals surface area contributed by atoms with E-state index in [0.29, 0.717) is 37.4 Å². The van der Waals surface area contributed by atoms with Crippen molar-refractivity contribution in [1.82, 2.24) is 14.9 Å². The van der Waals surface area contributed by atoms with Gasteiger partial charge >= 0.3 is 0 Å². The van der Waals surface area contributed by atoms with E-state index in [1.807, 2.05) is 53.2 Å². The van der Waals surface area contributed by atoms with Crippen LogP contribution in [0.3, 0.4) is 0 Å². The van der Waals surface area contributed by atoms with E-state index >= 15 is 0 Å². The standard InChI is InChI=1S/C25H24N4O3/c30-24(11-14-29-15-12-26-18-29)28-21-8-3-7-20(17-21)25(31)27-13-16-32-23-10-4-6-19-5-1-2-9-22(19)23/h1-10,12,15,17-18H,11,13-14,16H2,(H,27,31)(H,28,30). The van der Waals surface area contributed by atoms with Gasteiger partial charge in [-0.2, -0.15) is 0 Å². The highest BCUT2D eigenvalue weighted by Gasteiger charge is 2.08. The zero-order valence-electron chi connectivity index (χ0n) is 17.5. The Bertz CT molecular complexity index is 1200. The number of amides is 2. The number of fused-ring (bicyclic) bond motifs is 1. The lowest BCUT2D eigenvalue weighted by Crippen LogP contribution is -2.28. The third-order valence-corrected chi connectivity index (χ3v) is 4.96. The Morgan fingerprint density at radius 1 is 1.00 bits per heavy atom. The molecule has 3 aromatic carbocycles. The Hall–Kier alpha value is -4.13. The maximum Gasteiger partial charge on any atom is 0.251 e. The second kappa shape index (κ2) is 10.3. The van der Waals surface area contributed by atoms with E-state index < -0.39 is 0 Å². The Kier molecular flexibility index (Phi) is 6.77. The lowest BCUT2D eigenvalue weighted by molar-refractivity contribution is -0.116. The maximum absolute atomic E-state index is 12.5. The van der Waals surface area contributed by atoms with Crippen LogP contribution in [0.1, 0.15) is 16.8 Å². The van der Waals surface area contributed by atoms with Crippen LogP contribution in [-0.2, 0) is 11.3 Å². The van der Waals surface area contributed by atoms with Crippen molar-refractivity contribution in [2.75, 3.05) is 18.5 Å². The van der Waals surface area contributed by atoms with Crippen LogP contribution in [0, 0.1) is 0 Å². The normalized spacial score (nSPS) is 10.6. The van der Waals surface area contributed by atoms with Gasteiger partial charge in [-0.25, -0.2) is 4.98 Å². The second-order valence-electron chi connectivity index (χ2n) is 7.26. The van der Waals surface area contributed by atoms with Crippen molar-refractivity contribution in [1.29, 1.82) is 0 Å². The highest BCUT2D eigenvalue weighted by atomic mass is 16.5. The van der Waals surface area contributed by atoms with Crippen molar-refractivity contribution >= 4 is 28.3 Å². The number of carbonyl (C=O) groups excluding carboxylic acids is 2. The van der Waals surface area contributed by atoms with Crippen LogP contribution < -0.4 is 15.4 Å². The number of hydrogen-bond donors (Lipinski definition) is 2. The zero-order valence-corrected chi connectivity index (χ0v) is 17.5. The molecule has 2 amide bonds. The van der Waals surface area contributed by atoms with Crippen LogP contribution in [0.4, 0.5) is 5.69 Å². The van der Waals surface area contributed by atoms with E-state index in [1.165, 1.54) is 0 Å². The molecule has 0 unspecified atom stereocenters. The molecule has 0 aliphatic rings. The summed E-state index contributed by atoms with van der Waals surface area (Å²) in [7, 11) is 0. The molecular weight excluding hydrogens is 404 g/mol. The lowest BCUT2D eigenvalue weighted by atomic mass is 10.1. The molecule has 0 spiro atoms. The molecule has 0 aliphatic heterocycles. The number of hydrogen-bond acceptors (Lipinski definition) is 4. The molecule has 4 aromatic rings. The van der Waals surface area contributed by atoms with E-state index in [-0.39, 0.29) is 11.8 Å². The minimum atomic E-state index is -0.221. The van der Waals surface area contributed by atoms with Crippen molar-refractivity contribution in [3.05, 3.63) is 91.0 Å². The van der Waals surface area contributed by atoms with E-state index in [9.17, 15) is 9.59 Å². The summed E-state index contributed by atoms with van der Waals surface area (Å²) in [6, 6.07) is 20.8. The number of rotatable bonds is 9. The van der Waals surface area contributed by atoms with Crippen molar-refractivity contribution in [3.8, 4) is 5.75 Å². The summed E-state index contributed by atoms with van der Waals surface area (Å²) in [5.74, 6) is 0.443. The van der Waals surface area contributed by atoms with Gasteiger partial charge in [0.05, 0.1) is 12.9 Å². The first-order valence-corrected chi connectivity index (χ1v) is 10.4. The number of benzene rings is 3. The van der Waals surface area contributed by atoms with Gasteiger partial charge in [-0.1, -0.05) is 42.5 Å². The second-order valence-corrected chi connectivity index (χ2v) is 7.26. The molecule has 0 aliphatic carbocycles.